The van der Waals surface area contributed by atoms with E-state index in [2.05, 4.69) is 12.3 Å². The summed E-state index contributed by atoms with van der Waals surface area (Å²) < 4.78 is 5.26. The normalized spacial score (nSPS) is 12.5. The molecule has 0 aliphatic heterocycles. The molecule has 0 amide bonds. The van der Waals surface area contributed by atoms with Crippen LogP contribution in [0.4, 0.5) is 0 Å². The van der Waals surface area contributed by atoms with Gasteiger partial charge in [0, 0.05) is 11.8 Å². The van der Waals surface area contributed by atoms with Crippen molar-refractivity contribution < 1.29 is 4.74 Å². The van der Waals surface area contributed by atoms with E-state index < -0.39 is 0 Å². The van der Waals surface area contributed by atoms with E-state index in [1.807, 2.05) is 18.2 Å². The molecule has 0 fully saturated rings. The number of ether oxygens (including phenoxy) is 1. The summed E-state index contributed by atoms with van der Waals surface area (Å²) in [5.74, 6) is 1.92. The average molecular weight is 211 g/mol. The number of hydrogen-bond donors (Lipinski definition) is 1. The Labute approximate surface area is 89.8 Å². The number of benzene rings is 1. The summed E-state index contributed by atoms with van der Waals surface area (Å²) >= 11 is 1.78. The molecular weight excluding hydrogens is 194 g/mol. The summed E-state index contributed by atoms with van der Waals surface area (Å²) in [4.78, 5) is 0. The van der Waals surface area contributed by atoms with E-state index in [-0.39, 0.29) is 6.04 Å². The van der Waals surface area contributed by atoms with E-state index in [1.54, 1.807) is 18.9 Å². The van der Waals surface area contributed by atoms with Gasteiger partial charge in [-0.15, -0.1) is 0 Å². The van der Waals surface area contributed by atoms with Gasteiger partial charge in [-0.2, -0.15) is 11.8 Å². The van der Waals surface area contributed by atoms with Crippen LogP contribution in [0.1, 0.15) is 5.56 Å². The van der Waals surface area contributed by atoms with E-state index in [0.717, 1.165) is 17.9 Å². The Hall–Kier alpha value is -0.670. The SMILES string of the molecule is COc1ccccc1CC(N)CSC. The largest absolute Gasteiger partial charge is 0.496 e. The smallest absolute Gasteiger partial charge is 0.122 e. The second kappa shape index (κ2) is 5.94. The highest BCUT2D eigenvalue weighted by atomic mass is 32.2. The molecule has 1 aromatic rings. The lowest BCUT2D eigenvalue weighted by Gasteiger charge is -2.12. The molecule has 0 bridgehead atoms. The van der Waals surface area contributed by atoms with Crippen LogP contribution in [0, 0.1) is 0 Å². The minimum absolute atomic E-state index is 0.210. The highest BCUT2D eigenvalue weighted by Gasteiger charge is 2.07. The summed E-state index contributed by atoms with van der Waals surface area (Å²) in [6, 6.07) is 8.24. The first-order valence-electron chi connectivity index (χ1n) is 4.64. The molecule has 0 radical (unpaired) electrons. The number of nitrogens with two attached hydrogens (primary N) is 1. The minimum atomic E-state index is 0.210. The molecule has 0 saturated heterocycles. The zero-order valence-corrected chi connectivity index (χ0v) is 9.51. The van der Waals surface area contributed by atoms with Crippen molar-refractivity contribution in [2.75, 3.05) is 19.1 Å². The number of para-hydroxylation sites is 1. The first kappa shape index (κ1) is 11.4. The lowest BCUT2D eigenvalue weighted by atomic mass is 10.1. The highest BCUT2D eigenvalue weighted by Crippen LogP contribution is 2.19. The third kappa shape index (κ3) is 3.24. The maximum absolute atomic E-state index is 5.96. The van der Waals surface area contributed by atoms with Crippen molar-refractivity contribution in [1.82, 2.24) is 0 Å². The average Bonchev–Trinajstić information content (AvgIpc) is 2.19. The standard InChI is InChI=1S/C11H17NOS/c1-13-11-6-4-3-5-9(11)7-10(12)8-14-2/h3-6,10H,7-8,12H2,1-2H3. The Morgan fingerprint density at radius 1 is 1.43 bits per heavy atom. The second-order valence-electron chi connectivity index (χ2n) is 3.23. The Balaban J connectivity index is 2.65. The summed E-state index contributed by atoms with van der Waals surface area (Å²) in [7, 11) is 1.69. The van der Waals surface area contributed by atoms with Gasteiger partial charge in [0.05, 0.1) is 7.11 Å². The summed E-state index contributed by atoms with van der Waals surface area (Å²) in [6.07, 6.45) is 2.95. The molecule has 3 heteroatoms. The molecule has 1 unspecified atom stereocenters. The van der Waals surface area contributed by atoms with Gasteiger partial charge in [0.2, 0.25) is 0 Å². The summed E-state index contributed by atoms with van der Waals surface area (Å²) in [6.45, 7) is 0. The molecule has 0 aromatic heterocycles. The first-order chi connectivity index (χ1) is 6.77. The summed E-state index contributed by atoms with van der Waals surface area (Å²) in [5.41, 5.74) is 7.15. The Bertz CT molecular complexity index is 278. The van der Waals surface area contributed by atoms with Crippen molar-refractivity contribution >= 4 is 11.8 Å². The van der Waals surface area contributed by atoms with Crippen LogP contribution in [-0.4, -0.2) is 25.2 Å². The van der Waals surface area contributed by atoms with Crippen LogP contribution >= 0.6 is 11.8 Å². The van der Waals surface area contributed by atoms with Crippen LogP contribution < -0.4 is 10.5 Å². The van der Waals surface area contributed by atoms with Crippen LogP contribution in [-0.2, 0) is 6.42 Å². The van der Waals surface area contributed by atoms with E-state index in [9.17, 15) is 0 Å². The summed E-state index contributed by atoms with van der Waals surface area (Å²) in [5, 5.41) is 0. The molecule has 1 rings (SSSR count). The molecule has 2 N–H and O–H groups in total. The molecule has 0 heterocycles. The van der Waals surface area contributed by atoms with Gasteiger partial charge in [0.1, 0.15) is 5.75 Å². The molecule has 1 aromatic carbocycles. The Morgan fingerprint density at radius 3 is 2.79 bits per heavy atom. The number of methoxy groups -OCH3 is 1. The molecule has 0 aliphatic rings. The van der Waals surface area contributed by atoms with E-state index in [4.69, 9.17) is 10.5 Å². The fraction of sp³-hybridized carbons (Fsp3) is 0.455. The predicted octanol–water partition coefficient (Wildman–Crippen LogP) is 1.93. The van der Waals surface area contributed by atoms with Gasteiger partial charge in [0.15, 0.2) is 0 Å². The third-order valence-electron chi connectivity index (χ3n) is 2.06. The van der Waals surface area contributed by atoms with Gasteiger partial charge in [-0.25, -0.2) is 0 Å². The van der Waals surface area contributed by atoms with Crippen LogP contribution in [0.2, 0.25) is 0 Å². The lowest BCUT2D eigenvalue weighted by molar-refractivity contribution is 0.408. The van der Waals surface area contributed by atoms with Crippen LogP contribution in [0.15, 0.2) is 24.3 Å². The Morgan fingerprint density at radius 2 is 2.14 bits per heavy atom. The third-order valence-corrected chi connectivity index (χ3v) is 2.82. The van der Waals surface area contributed by atoms with E-state index in [0.29, 0.717) is 0 Å². The van der Waals surface area contributed by atoms with Gasteiger partial charge in [-0.3, -0.25) is 0 Å². The molecule has 2 nitrogen and oxygen atoms in total. The van der Waals surface area contributed by atoms with Crippen LogP contribution in [0.3, 0.4) is 0 Å². The predicted molar refractivity (Wildman–Crippen MR) is 63.1 cm³/mol. The van der Waals surface area contributed by atoms with Crippen molar-refractivity contribution in [3.63, 3.8) is 0 Å². The molecule has 0 saturated carbocycles. The van der Waals surface area contributed by atoms with Gasteiger partial charge >= 0.3 is 0 Å². The fourth-order valence-electron chi connectivity index (χ4n) is 1.43. The maximum Gasteiger partial charge on any atom is 0.122 e. The van der Waals surface area contributed by atoms with Crippen molar-refractivity contribution in [3.8, 4) is 5.75 Å². The van der Waals surface area contributed by atoms with E-state index >= 15 is 0 Å². The maximum atomic E-state index is 5.96. The number of hydrogen-bond acceptors (Lipinski definition) is 3. The van der Waals surface area contributed by atoms with Gasteiger partial charge in [0.25, 0.3) is 0 Å². The zero-order chi connectivity index (χ0) is 10.4. The molecule has 78 valence electrons. The van der Waals surface area contributed by atoms with Crippen molar-refractivity contribution in [3.05, 3.63) is 29.8 Å². The van der Waals surface area contributed by atoms with Gasteiger partial charge < -0.3 is 10.5 Å². The minimum Gasteiger partial charge on any atom is -0.496 e. The molecule has 14 heavy (non-hydrogen) atoms. The molecule has 1 atom stereocenters. The van der Waals surface area contributed by atoms with Crippen LogP contribution in [0.25, 0.3) is 0 Å². The number of thioether (sulfide) groups is 1. The molecular formula is C11H17NOS. The van der Waals surface area contributed by atoms with E-state index in [1.165, 1.54) is 5.56 Å². The quantitative estimate of drug-likeness (QED) is 0.808. The van der Waals surface area contributed by atoms with Crippen LogP contribution in [0.5, 0.6) is 5.75 Å². The highest BCUT2D eigenvalue weighted by molar-refractivity contribution is 7.98. The van der Waals surface area contributed by atoms with Crippen molar-refractivity contribution in [2.24, 2.45) is 5.73 Å². The zero-order valence-electron chi connectivity index (χ0n) is 8.69. The van der Waals surface area contributed by atoms with Gasteiger partial charge in [-0.1, -0.05) is 18.2 Å². The van der Waals surface area contributed by atoms with Gasteiger partial charge in [-0.05, 0) is 24.3 Å². The second-order valence-corrected chi connectivity index (χ2v) is 4.14. The topological polar surface area (TPSA) is 35.2 Å². The molecule has 0 aliphatic carbocycles. The van der Waals surface area contributed by atoms with Crippen molar-refractivity contribution in [2.45, 2.75) is 12.5 Å². The lowest BCUT2D eigenvalue weighted by Crippen LogP contribution is -2.25. The number of rotatable bonds is 5. The van der Waals surface area contributed by atoms with Crippen molar-refractivity contribution in [1.29, 1.82) is 0 Å². The Kier molecular flexibility index (Phi) is 4.84. The molecule has 0 spiro atoms. The fourth-order valence-corrected chi connectivity index (χ4v) is 1.97. The monoisotopic (exact) mass is 211 g/mol. The first-order valence-corrected chi connectivity index (χ1v) is 6.03.